The smallest absolute Gasteiger partial charge is 0.269 e. The molecule has 0 saturated heterocycles. The first-order valence-electron chi connectivity index (χ1n) is 6.60. The van der Waals surface area contributed by atoms with Crippen molar-refractivity contribution in [3.63, 3.8) is 0 Å². The number of anilines is 1. The third kappa shape index (κ3) is 2.38. The number of fused-ring (bicyclic) bond motifs is 1. The molecule has 0 aliphatic carbocycles. The molecule has 2 N–H and O–H groups in total. The average molecular weight is 297 g/mol. The first-order chi connectivity index (χ1) is 9.41. The first-order valence-corrected chi connectivity index (χ1v) is 8.04. The van der Waals surface area contributed by atoms with E-state index in [0.29, 0.717) is 12.2 Å². The molecule has 1 aromatic carbocycles. The van der Waals surface area contributed by atoms with Gasteiger partial charge in [0, 0.05) is 12.2 Å². The molecular weight excluding hydrogens is 278 g/mol. The van der Waals surface area contributed by atoms with E-state index in [1.165, 1.54) is 12.1 Å². The van der Waals surface area contributed by atoms with E-state index in [-0.39, 0.29) is 17.0 Å². The number of hydrogen-bond acceptors (Lipinski definition) is 5. The molecule has 1 amide bonds. The molecule has 1 aliphatic heterocycles. The third-order valence-electron chi connectivity index (χ3n) is 3.54. The maximum Gasteiger partial charge on any atom is 0.269 e. The van der Waals surface area contributed by atoms with Gasteiger partial charge in [-0.2, -0.15) is 0 Å². The van der Waals surface area contributed by atoms with Crippen LogP contribution in [0.2, 0.25) is 0 Å². The standard InChI is InChI=1S/C13H19N3O3S/c1-3-15(4-2)7-8-16-13(17)11-6-5-10(14)9-12(11)20(16,18)19/h5-6,9H,3-4,7-8,14H2,1-2H3. The molecule has 1 aliphatic rings. The number of hydrogen-bond donors (Lipinski definition) is 1. The fourth-order valence-electron chi connectivity index (χ4n) is 2.29. The van der Waals surface area contributed by atoms with E-state index in [9.17, 15) is 13.2 Å². The number of likely N-dealkylation sites (N-methyl/N-ethyl adjacent to an activating group) is 1. The van der Waals surface area contributed by atoms with Gasteiger partial charge in [-0.15, -0.1) is 0 Å². The predicted octanol–water partition coefficient (Wildman–Crippen LogP) is 0.755. The van der Waals surface area contributed by atoms with Gasteiger partial charge in [-0.05, 0) is 31.3 Å². The zero-order valence-electron chi connectivity index (χ0n) is 11.7. The highest BCUT2D eigenvalue weighted by Gasteiger charge is 2.40. The number of nitrogen functional groups attached to an aromatic ring is 1. The minimum Gasteiger partial charge on any atom is -0.399 e. The summed E-state index contributed by atoms with van der Waals surface area (Å²) in [6.07, 6.45) is 0. The Morgan fingerprint density at radius 1 is 1.25 bits per heavy atom. The summed E-state index contributed by atoms with van der Waals surface area (Å²) < 4.78 is 25.7. The van der Waals surface area contributed by atoms with Crippen molar-refractivity contribution >= 4 is 21.6 Å². The molecule has 20 heavy (non-hydrogen) atoms. The molecule has 0 fully saturated rings. The quantitative estimate of drug-likeness (QED) is 0.811. The van der Waals surface area contributed by atoms with Gasteiger partial charge in [-0.3, -0.25) is 4.79 Å². The van der Waals surface area contributed by atoms with Crippen molar-refractivity contribution in [3.05, 3.63) is 23.8 Å². The monoisotopic (exact) mass is 297 g/mol. The SMILES string of the molecule is CCN(CC)CCN1C(=O)c2ccc(N)cc2S1(=O)=O. The van der Waals surface area contributed by atoms with Gasteiger partial charge in [0.05, 0.1) is 12.1 Å². The second-order valence-corrected chi connectivity index (χ2v) is 6.50. The maximum atomic E-state index is 12.4. The van der Waals surface area contributed by atoms with E-state index < -0.39 is 15.9 Å². The van der Waals surface area contributed by atoms with Crippen molar-refractivity contribution in [1.29, 1.82) is 0 Å². The van der Waals surface area contributed by atoms with Gasteiger partial charge in [0.15, 0.2) is 0 Å². The van der Waals surface area contributed by atoms with Crippen LogP contribution in [0.15, 0.2) is 23.1 Å². The summed E-state index contributed by atoms with van der Waals surface area (Å²) in [5.74, 6) is -0.466. The number of rotatable bonds is 5. The lowest BCUT2D eigenvalue weighted by Gasteiger charge is -2.22. The van der Waals surface area contributed by atoms with E-state index in [4.69, 9.17) is 5.73 Å². The Balaban J connectivity index is 2.28. The molecule has 0 unspecified atom stereocenters. The lowest BCUT2D eigenvalue weighted by atomic mass is 10.2. The van der Waals surface area contributed by atoms with Crippen molar-refractivity contribution in [2.75, 3.05) is 31.9 Å². The lowest BCUT2D eigenvalue weighted by Crippen LogP contribution is -2.38. The van der Waals surface area contributed by atoms with E-state index in [2.05, 4.69) is 4.90 Å². The normalized spacial score (nSPS) is 16.8. The van der Waals surface area contributed by atoms with Crippen LogP contribution in [-0.2, 0) is 10.0 Å². The Hall–Kier alpha value is -1.60. The number of carbonyl (C=O) groups is 1. The van der Waals surface area contributed by atoms with Crippen LogP contribution >= 0.6 is 0 Å². The zero-order chi connectivity index (χ0) is 14.9. The van der Waals surface area contributed by atoms with E-state index in [1.54, 1.807) is 6.07 Å². The van der Waals surface area contributed by atoms with Gasteiger partial charge in [-0.25, -0.2) is 12.7 Å². The summed E-state index contributed by atoms with van der Waals surface area (Å²) in [6.45, 7) is 6.33. The predicted molar refractivity (Wildman–Crippen MR) is 76.9 cm³/mol. The van der Waals surface area contributed by atoms with Crippen LogP contribution in [0.3, 0.4) is 0 Å². The number of benzene rings is 1. The summed E-state index contributed by atoms with van der Waals surface area (Å²) in [7, 11) is -3.75. The zero-order valence-corrected chi connectivity index (χ0v) is 12.5. The molecule has 1 aromatic rings. The number of carbonyl (C=O) groups excluding carboxylic acids is 1. The van der Waals surface area contributed by atoms with Crippen molar-refractivity contribution in [2.24, 2.45) is 0 Å². The molecule has 0 saturated carbocycles. The van der Waals surface area contributed by atoms with Crippen molar-refractivity contribution < 1.29 is 13.2 Å². The van der Waals surface area contributed by atoms with Crippen LogP contribution in [-0.4, -0.2) is 49.7 Å². The van der Waals surface area contributed by atoms with Gasteiger partial charge < -0.3 is 10.6 Å². The minimum atomic E-state index is -3.75. The molecule has 0 atom stereocenters. The highest BCUT2D eigenvalue weighted by atomic mass is 32.2. The Bertz CT molecular complexity index is 624. The topological polar surface area (TPSA) is 83.7 Å². The molecule has 2 rings (SSSR count). The average Bonchev–Trinajstić information content (AvgIpc) is 2.60. The Morgan fingerprint density at radius 2 is 1.90 bits per heavy atom. The summed E-state index contributed by atoms with van der Waals surface area (Å²) in [4.78, 5) is 14.3. The van der Waals surface area contributed by atoms with Crippen LogP contribution < -0.4 is 5.73 Å². The third-order valence-corrected chi connectivity index (χ3v) is 5.37. The van der Waals surface area contributed by atoms with Crippen molar-refractivity contribution in [2.45, 2.75) is 18.7 Å². The lowest BCUT2D eigenvalue weighted by molar-refractivity contribution is 0.0861. The number of nitrogens with zero attached hydrogens (tertiary/aromatic N) is 2. The summed E-state index contributed by atoms with van der Waals surface area (Å²) >= 11 is 0. The molecular formula is C13H19N3O3S. The van der Waals surface area contributed by atoms with Gasteiger partial charge in [0.25, 0.3) is 15.9 Å². The van der Waals surface area contributed by atoms with Gasteiger partial charge in [0.2, 0.25) is 0 Å². The Kier molecular flexibility index (Phi) is 4.01. The largest absolute Gasteiger partial charge is 0.399 e. The van der Waals surface area contributed by atoms with Gasteiger partial charge in [-0.1, -0.05) is 13.8 Å². The number of nitrogens with two attached hydrogens (primary N) is 1. The van der Waals surface area contributed by atoms with Crippen molar-refractivity contribution in [3.8, 4) is 0 Å². The minimum absolute atomic E-state index is 0.0158. The van der Waals surface area contributed by atoms with Crippen LogP contribution in [0.4, 0.5) is 5.69 Å². The molecule has 0 bridgehead atoms. The maximum absolute atomic E-state index is 12.4. The summed E-state index contributed by atoms with van der Waals surface area (Å²) in [5.41, 5.74) is 6.15. The number of amides is 1. The molecule has 6 nitrogen and oxygen atoms in total. The van der Waals surface area contributed by atoms with E-state index >= 15 is 0 Å². The first kappa shape index (κ1) is 14.8. The number of sulfonamides is 1. The van der Waals surface area contributed by atoms with Gasteiger partial charge in [0.1, 0.15) is 4.90 Å². The highest BCUT2D eigenvalue weighted by molar-refractivity contribution is 7.90. The molecule has 0 aromatic heterocycles. The van der Waals surface area contributed by atoms with E-state index in [1.807, 2.05) is 13.8 Å². The van der Waals surface area contributed by atoms with Crippen molar-refractivity contribution in [1.82, 2.24) is 9.21 Å². The Morgan fingerprint density at radius 3 is 2.50 bits per heavy atom. The van der Waals surface area contributed by atoms with Crippen LogP contribution in [0, 0.1) is 0 Å². The molecule has 110 valence electrons. The van der Waals surface area contributed by atoms with Gasteiger partial charge >= 0.3 is 0 Å². The fourth-order valence-corrected chi connectivity index (χ4v) is 3.88. The molecule has 1 heterocycles. The van der Waals surface area contributed by atoms with Crippen LogP contribution in [0.25, 0.3) is 0 Å². The molecule has 0 radical (unpaired) electrons. The fraction of sp³-hybridized carbons (Fsp3) is 0.462. The second kappa shape index (κ2) is 5.41. The molecule has 7 heteroatoms. The molecule has 0 spiro atoms. The Labute approximate surface area is 119 Å². The second-order valence-electron chi connectivity index (χ2n) is 4.66. The van der Waals surface area contributed by atoms with E-state index in [0.717, 1.165) is 17.4 Å². The summed E-state index contributed by atoms with van der Waals surface area (Å²) in [6, 6.07) is 4.36. The summed E-state index contributed by atoms with van der Waals surface area (Å²) in [5, 5.41) is 0. The van der Waals surface area contributed by atoms with Crippen LogP contribution in [0.1, 0.15) is 24.2 Å². The van der Waals surface area contributed by atoms with Crippen LogP contribution in [0.5, 0.6) is 0 Å². The highest BCUT2D eigenvalue weighted by Crippen LogP contribution is 2.31.